The Morgan fingerprint density at radius 2 is 2.17 bits per heavy atom. The molecule has 2 aliphatic rings. The zero-order valence-electron chi connectivity index (χ0n) is 11.3. The Balaban J connectivity index is 1.77. The number of nitrogens with two attached hydrogens (primary N) is 1. The topological polar surface area (TPSA) is 47.1 Å². The largest absolute Gasteiger partial charge is 0.333 e. The molecule has 1 aromatic rings. The molecule has 18 heavy (non-hydrogen) atoms. The second-order valence-corrected chi connectivity index (χ2v) is 6.07. The first kappa shape index (κ1) is 12.2. The van der Waals surface area contributed by atoms with Crippen molar-refractivity contribution in [2.75, 3.05) is 13.1 Å². The molecular formula is C14H24N4. The van der Waals surface area contributed by atoms with Gasteiger partial charge in [-0.15, -0.1) is 0 Å². The first-order valence-electron chi connectivity index (χ1n) is 7.19. The SMILES string of the molecule is CC1CCC(CN)(N2CCn3ccnc3C2)CC1. The molecular weight excluding hydrogens is 224 g/mol. The van der Waals surface area contributed by atoms with Crippen LogP contribution in [0.5, 0.6) is 0 Å². The maximum absolute atomic E-state index is 6.14. The van der Waals surface area contributed by atoms with E-state index in [0.717, 1.165) is 32.1 Å². The zero-order chi connectivity index (χ0) is 12.6. The lowest BCUT2D eigenvalue weighted by atomic mass is 9.75. The number of aromatic nitrogens is 2. The predicted molar refractivity (Wildman–Crippen MR) is 72.1 cm³/mol. The van der Waals surface area contributed by atoms with Gasteiger partial charge in [-0.1, -0.05) is 6.92 Å². The third-order valence-corrected chi connectivity index (χ3v) is 5.00. The Bertz CT molecular complexity index is 404. The van der Waals surface area contributed by atoms with Crippen molar-refractivity contribution in [2.24, 2.45) is 11.7 Å². The molecule has 3 rings (SSSR count). The lowest BCUT2D eigenvalue weighted by Gasteiger charge is -2.48. The third-order valence-electron chi connectivity index (χ3n) is 5.00. The molecule has 0 radical (unpaired) electrons. The Morgan fingerprint density at radius 3 is 2.89 bits per heavy atom. The van der Waals surface area contributed by atoms with Gasteiger partial charge in [0, 0.05) is 37.6 Å². The van der Waals surface area contributed by atoms with E-state index in [-0.39, 0.29) is 5.54 Å². The Hall–Kier alpha value is -0.870. The van der Waals surface area contributed by atoms with Crippen molar-refractivity contribution in [1.82, 2.24) is 14.5 Å². The predicted octanol–water partition coefficient (Wildman–Crippen LogP) is 1.61. The van der Waals surface area contributed by atoms with Gasteiger partial charge in [-0.05, 0) is 31.6 Å². The third kappa shape index (κ3) is 1.97. The van der Waals surface area contributed by atoms with Gasteiger partial charge < -0.3 is 10.3 Å². The van der Waals surface area contributed by atoms with E-state index in [1.54, 1.807) is 0 Å². The monoisotopic (exact) mass is 248 g/mol. The van der Waals surface area contributed by atoms with Crippen LogP contribution < -0.4 is 5.73 Å². The van der Waals surface area contributed by atoms with Crippen LogP contribution in [0.25, 0.3) is 0 Å². The molecule has 0 unspecified atom stereocenters. The van der Waals surface area contributed by atoms with Crippen molar-refractivity contribution < 1.29 is 0 Å². The summed E-state index contributed by atoms with van der Waals surface area (Å²) in [4.78, 5) is 7.06. The average Bonchev–Trinajstić information content (AvgIpc) is 2.87. The van der Waals surface area contributed by atoms with E-state index >= 15 is 0 Å². The summed E-state index contributed by atoms with van der Waals surface area (Å²) in [5.74, 6) is 2.07. The highest BCUT2D eigenvalue weighted by atomic mass is 15.3. The summed E-state index contributed by atoms with van der Waals surface area (Å²) in [7, 11) is 0. The zero-order valence-corrected chi connectivity index (χ0v) is 11.3. The van der Waals surface area contributed by atoms with Crippen LogP contribution in [0.2, 0.25) is 0 Å². The highest BCUT2D eigenvalue weighted by molar-refractivity contribution is 5.02. The standard InChI is InChI=1S/C14H24N4/c1-12-2-4-14(11-15,5-3-12)18-9-8-17-7-6-16-13(17)10-18/h6-7,12H,2-5,8-11,15H2,1H3. The fourth-order valence-electron chi connectivity index (χ4n) is 3.53. The van der Waals surface area contributed by atoms with Crippen molar-refractivity contribution in [2.45, 2.75) is 51.2 Å². The van der Waals surface area contributed by atoms with E-state index in [9.17, 15) is 0 Å². The molecule has 0 saturated heterocycles. The van der Waals surface area contributed by atoms with Crippen molar-refractivity contribution in [3.05, 3.63) is 18.2 Å². The number of rotatable bonds is 2. The highest BCUT2D eigenvalue weighted by Gasteiger charge is 2.39. The van der Waals surface area contributed by atoms with Crippen LogP contribution in [-0.4, -0.2) is 33.1 Å². The smallest absolute Gasteiger partial charge is 0.122 e. The van der Waals surface area contributed by atoms with E-state index in [1.165, 1.54) is 31.5 Å². The Kier molecular flexibility index (Phi) is 3.16. The minimum absolute atomic E-state index is 0.240. The molecule has 0 atom stereocenters. The minimum Gasteiger partial charge on any atom is -0.333 e. The Labute approximate surface area is 109 Å². The summed E-state index contributed by atoms with van der Waals surface area (Å²) >= 11 is 0. The van der Waals surface area contributed by atoms with Gasteiger partial charge in [0.05, 0.1) is 6.54 Å². The van der Waals surface area contributed by atoms with Crippen LogP contribution in [0, 0.1) is 5.92 Å². The van der Waals surface area contributed by atoms with E-state index in [0.29, 0.717) is 0 Å². The summed E-state index contributed by atoms with van der Waals surface area (Å²) in [6.07, 6.45) is 9.16. The lowest BCUT2D eigenvalue weighted by molar-refractivity contribution is 0.0220. The van der Waals surface area contributed by atoms with Crippen molar-refractivity contribution in [3.63, 3.8) is 0 Å². The van der Waals surface area contributed by atoms with Gasteiger partial charge in [-0.2, -0.15) is 0 Å². The number of hydrogen-bond acceptors (Lipinski definition) is 3. The number of nitrogens with zero attached hydrogens (tertiary/aromatic N) is 3. The normalized spacial score (nSPS) is 33.3. The maximum atomic E-state index is 6.14. The molecule has 1 fully saturated rings. The average molecular weight is 248 g/mol. The molecule has 1 aliphatic heterocycles. The van der Waals surface area contributed by atoms with Crippen molar-refractivity contribution in [3.8, 4) is 0 Å². The summed E-state index contributed by atoms with van der Waals surface area (Å²) in [5.41, 5.74) is 6.38. The summed E-state index contributed by atoms with van der Waals surface area (Å²) < 4.78 is 2.27. The van der Waals surface area contributed by atoms with E-state index in [2.05, 4.69) is 27.6 Å². The van der Waals surface area contributed by atoms with E-state index in [1.807, 2.05) is 6.20 Å². The molecule has 0 bridgehead atoms. The van der Waals surface area contributed by atoms with Gasteiger partial charge in [0.1, 0.15) is 5.82 Å². The molecule has 1 aromatic heterocycles. The second-order valence-electron chi connectivity index (χ2n) is 6.07. The molecule has 4 heteroatoms. The molecule has 0 amide bonds. The lowest BCUT2D eigenvalue weighted by Crippen LogP contribution is -2.57. The molecule has 100 valence electrons. The number of hydrogen-bond donors (Lipinski definition) is 1. The highest BCUT2D eigenvalue weighted by Crippen LogP contribution is 2.37. The first-order chi connectivity index (χ1) is 8.73. The van der Waals surface area contributed by atoms with Gasteiger partial charge in [-0.25, -0.2) is 4.98 Å². The molecule has 0 aromatic carbocycles. The van der Waals surface area contributed by atoms with Crippen LogP contribution in [0.3, 0.4) is 0 Å². The van der Waals surface area contributed by atoms with Crippen molar-refractivity contribution >= 4 is 0 Å². The second kappa shape index (κ2) is 4.67. The minimum atomic E-state index is 0.240. The first-order valence-corrected chi connectivity index (χ1v) is 7.19. The summed E-state index contributed by atoms with van der Waals surface area (Å²) in [6, 6.07) is 0. The number of fused-ring (bicyclic) bond motifs is 1. The molecule has 4 nitrogen and oxygen atoms in total. The fourth-order valence-corrected chi connectivity index (χ4v) is 3.53. The van der Waals surface area contributed by atoms with Gasteiger partial charge in [0.25, 0.3) is 0 Å². The number of imidazole rings is 1. The molecule has 2 heterocycles. The van der Waals surface area contributed by atoms with Crippen molar-refractivity contribution in [1.29, 1.82) is 0 Å². The van der Waals surface area contributed by atoms with Gasteiger partial charge in [0.15, 0.2) is 0 Å². The van der Waals surface area contributed by atoms with E-state index in [4.69, 9.17) is 5.73 Å². The van der Waals surface area contributed by atoms with E-state index < -0.39 is 0 Å². The van der Waals surface area contributed by atoms with Gasteiger partial charge in [-0.3, -0.25) is 4.90 Å². The molecule has 0 spiro atoms. The van der Waals surface area contributed by atoms with Crippen LogP contribution >= 0.6 is 0 Å². The maximum Gasteiger partial charge on any atom is 0.122 e. The molecule has 2 N–H and O–H groups in total. The fraction of sp³-hybridized carbons (Fsp3) is 0.786. The van der Waals surface area contributed by atoms with Crippen LogP contribution in [0.4, 0.5) is 0 Å². The summed E-state index contributed by atoms with van der Waals surface area (Å²) in [6.45, 7) is 6.31. The Morgan fingerprint density at radius 1 is 1.39 bits per heavy atom. The van der Waals surface area contributed by atoms with Gasteiger partial charge in [0.2, 0.25) is 0 Å². The van der Waals surface area contributed by atoms with Crippen LogP contribution in [0.15, 0.2) is 12.4 Å². The van der Waals surface area contributed by atoms with Crippen LogP contribution in [0.1, 0.15) is 38.4 Å². The van der Waals surface area contributed by atoms with Gasteiger partial charge >= 0.3 is 0 Å². The molecule has 1 saturated carbocycles. The molecule has 1 aliphatic carbocycles. The summed E-state index contributed by atoms with van der Waals surface area (Å²) in [5, 5.41) is 0. The van der Waals surface area contributed by atoms with Crippen LogP contribution in [-0.2, 0) is 13.1 Å². The quantitative estimate of drug-likeness (QED) is 0.865.